The second-order valence-electron chi connectivity index (χ2n) is 7.12. The standard InChI is InChI=1S/C21H23N3/c1-15-13-20(24-23-15)19-14-17(11-12-22-19)6-5-16-7-9-18(10-8-16)21(2,3)4/h5-14H,1-4H3,(H,23,24)/b6-5+. The molecule has 0 fully saturated rings. The lowest BCUT2D eigenvalue weighted by Gasteiger charge is -2.18. The maximum atomic E-state index is 4.40. The number of pyridine rings is 1. The van der Waals surface area contributed by atoms with Gasteiger partial charge in [-0.05, 0) is 47.2 Å². The van der Waals surface area contributed by atoms with Crippen LogP contribution in [0.25, 0.3) is 23.5 Å². The van der Waals surface area contributed by atoms with Gasteiger partial charge in [-0.15, -0.1) is 0 Å². The molecule has 0 saturated heterocycles. The van der Waals surface area contributed by atoms with Crippen molar-refractivity contribution in [3.63, 3.8) is 0 Å². The van der Waals surface area contributed by atoms with Crippen molar-refractivity contribution in [1.29, 1.82) is 0 Å². The maximum Gasteiger partial charge on any atom is 0.111 e. The quantitative estimate of drug-likeness (QED) is 0.717. The molecular formula is C21H23N3. The third-order valence-electron chi connectivity index (χ3n) is 4.00. The summed E-state index contributed by atoms with van der Waals surface area (Å²) in [6, 6.07) is 14.8. The number of H-pyrrole nitrogens is 1. The van der Waals surface area contributed by atoms with E-state index in [0.717, 1.165) is 22.6 Å². The van der Waals surface area contributed by atoms with Crippen molar-refractivity contribution in [1.82, 2.24) is 15.2 Å². The first-order valence-corrected chi connectivity index (χ1v) is 8.19. The van der Waals surface area contributed by atoms with Gasteiger partial charge in [0.05, 0.1) is 5.69 Å². The highest BCUT2D eigenvalue weighted by Crippen LogP contribution is 2.23. The van der Waals surface area contributed by atoms with E-state index >= 15 is 0 Å². The molecule has 2 aromatic heterocycles. The van der Waals surface area contributed by atoms with E-state index in [2.05, 4.69) is 78.4 Å². The van der Waals surface area contributed by atoms with Crippen LogP contribution in [0.4, 0.5) is 0 Å². The molecule has 0 bridgehead atoms. The van der Waals surface area contributed by atoms with Crippen molar-refractivity contribution < 1.29 is 0 Å². The molecule has 24 heavy (non-hydrogen) atoms. The lowest BCUT2D eigenvalue weighted by atomic mass is 9.87. The van der Waals surface area contributed by atoms with Gasteiger partial charge in [0.1, 0.15) is 5.69 Å². The fraction of sp³-hybridized carbons (Fsp3) is 0.238. The molecule has 3 rings (SSSR count). The summed E-state index contributed by atoms with van der Waals surface area (Å²) in [7, 11) is 0. The summed E-state index contributed by atoms with van der Waals surface area (Å²) in [6.45, 7) is 8.68. The Bertz CT molecular complexity index is 849. The molecule has 3 aromatic rings. The Labute approximate surface area is 143 Å². The van der Waals surface area contributed by atoms with E-state index in [4.69, 9.17) is 0 Å². The summed E-state index contributed by atoms with van der Waals surface area (Å²) < 4.78 is 0. The molecule has 122 valence electrons. The van der Waals surface area contributed by atoms with Crippen LogP contribution in [0.2, 0.25) is 0 Å². The molecule has 0 aliphatic heterocycles. The number of aryl methyl sites for hydroxylation is 1. The number of hydrogen-bond acceptors (Lipinski definition) is 2. The van der Waals surface area contributed by atoms with E-state index in [1.165, 1.54) is 11.1 Å². The molecule has 1 N–H and O–H groups in total. The SMILES string of the molecule is Cc1cc(-c2cc(/C=C/c3ccc(C(C)(C)C)cc3)ccn2)n[nH]1. The molecule has 1 aromatic carbocycles. The molecule has 0 atom stereocenters. The van der Waals surface area contributed by atoms with Crippen LogP contribution in [-0.4, -0.2) is 15.2 Å². The third kappa shape index (κ3) is 3.80. The van der Waals surface area contributed by atoms with Gasteiger partial charge < -0.3 is 0 Å². The summed E-state index contributed by atoms with van der Waals surface area (Å²) in [5, 5.41) is 7.22. The first-order valence-electron chi connectivity index (χ1n) is 8.19. The summed E-state index contributed by atoms with van der Waals surface area (Å²) in [4.78, 5) is 4.40. The van der Waals surface area contributed by atoms with E-state index in [1.54, 1.807) is 0 Å². The van der Waals surface area contributed by atoms with Crippen molar-refractivity contribution in [3.8, 4) is 11.4 Å². The first-order chi connectivity index (χ1) is 11.4. The smallest absolute Gasteiger partial charge is 0.111 e. The second-order valence-corrected chi connectivity index (χ2v) is 7.12. The molecule has 0 radical (unpaired) electrons. The van der Waals surface area contributed by atoms with Gasteiger partial charge in [0.2, 0.25) is 0 Å². The molecule has 3 nitrogen and oxygen atoms in total. The zero-order chi connectivity index (χ0) is 17.2. The van der Waals surface area contributed by atoms with Crippen molar-refractivity contribution in [3.05, 3.63) is 71.0 Å². The Hall–Kier alpha value is -2.68. The van der Waals surface area contributed by atoms with Gasteiger partial charge in [-0.25, -0.2) is 0 Å². The van der Waals surface area contributed by atoms with E-state index in [-0.39, 0.29) is 5.41 Å². The molecular weight excluding hydrogens is 294 g/mol. The number of rotatable bonds is 3. The number of nitrogens with zero attached hydrogens (tertiary/aromatic N) is 2. The summed E-state index contributed by atoms with van der Waals surface area (Å²) in [5.74, 6) is 0. The molecule has 0 spiro atoms. The van der Waals surface area contributed by atoms with Gasteiger partial charge in [0.25, 0.3) is 0 Å². The zero-order valence-electron chi connectivity index (χ0n) is 14.7. The van der Waals surface area contributed by atoms with Crippen LogP contribution >= 0.6 is 0 Å². The molecule has 0 saturated carbocycles. The number of hydrogen-bond donors (Lipinski definition) is 1. The van der Waals surface area contributed by atoms with E-state index in [1.807, 2.05) is 25.3 Å². The minimum atomic E-state index is 0.184. The van der Waals surface area contributed by atoms with E-state index in [0.29, 0.717) is 0 Å². The highest BCUT2D eigenvalue weighted by atomic mass is 15.1. The van der Waals surface area contributed by atoms with Crippen molar-refractivity contribution in [2.45, 2.75) is 33.1 Å². The average molecular weight is 317 g/mol. The van der Waals surface area contributed by atoms with Crippen LogP contribution in [0.5, 0.6) is 0 Å². The first kappa shape index (κ1) is 16.2. The molecule has 2 heterocycles. The fourth-order valence-corrected chi connectivity index (χ4v) is 2.53. The van der Waals surface area contributed by atoms with Crippen molar-refractivity contribution in [2.24, 2.45) is 0 Å². The predicted octanol–water partition coefficient (Wildman–Crippen LogP) is 5.25. The Balaban J connectivity index is 1.79. The highest BCUT2D eigenvalue weighted by molar-refractivity contribution is 5.71. The van der Waals surface area contributed by atoms with Gasteiger partial charge >= 0.3 is 0 Å². The highest BCUT2D eigenvalue weighted by Gasteiger charge is 2.12. The van der Waals surface area contributed by atoms with Crippen LogP contribution in [0, 0.1) is 6.92 Å². The Kier molecular flexibility index (Phi) is 4.34. The van der Waals surface area contributed by atoms with Gasteiger partial charge in [0, 0.05) is 11.9 Å². The van der Waals surface area contributed by atoms with Gasteiger partial charge in [-0.1, -0.05) is 57.2 Å². The largest absolute Gasteiger partial charge is 0.282 e. The normalized spacial score (nSPS) is 12.0. The zero-order valence-corrected chi connectivity index (χ0v) is 14.7. The number of aromatic amines is 1. The van der Waals surface area contributed by atoms with Crippen LogP contribution in [-0.2, 0) is 5.41 Å². The van der Waals surface area contributed by atoms with E-state index < -0.39 is 0 Å². The topological polar surface area (TPSA) is 41.6 Å². The average Bonchev–Trinajstić information content (AvgIpc) is 2.99. The summed E-state index contributed by atoms with van der Waals surface area (Å²) in [5.41, 5.74) is 6.62. The Morgan fingerprint density at radius 3 is 2.21 bits per heavy atom. The van der Waals surface area contributed by atoms with Crippen LogP contribution < -0.4 is 0 Å². The second kappa shape index (κ2) is 6.44. The molecule has 0 aliphatic carbocycles. The third-order valence-corrected chi connectivity index (χ3v) is 4.00. The minimum Gasteiger partial charge on any atom is -0.282 e. The van der Waals surface area contributed by atoms with Gasteiger partial charge in [-0.3, -0.25) is 10.1 Å². The fourth-order valence-electron chi connectivity index (χ4n) is 2.53. The van der Waals surface area contributed by atoms with Crippen molar-refractivity contribution >= 4 is 12.2 Å². The van der Waals surface area contributed by atoms with Crippen LogP contribution in [0.1, 0.15) is 43.2 Å². The van der Waals surface area contributed by atoms with Gasteiger partial charge in [-0.2, -0.15) is 5.10 Å². The summed E-state index contributed by atoms with van der Waals surface area (Å²) >= 11 is 0. The predicted molar refractivity (Wildman–Crippen MR) is 101 cm³/mol. The summed E-state index contributed by atoms with van der Waals surface area (Å²) in [6.07, 6.45) is 6.06. The molecule has 3 heteroatoms. The molecule has 0 amide bonds. The number of aromatic nitrogens is 3. The van der Waals surface area contributed by atoms with Crippen molar-refractivity contribution in [2.75, 3.05) is 0 Å². The van der Waals surface area contributed by atoms with Crippen LogP contribution in [0.15, 0.2) is 48.7 Å². The van der Waals surface area contributed by atoms with Gasteiger partial charge in [0.15, 0.2) is 0 Å². The Morgan fingerprint density at radius 2 is 1.58 bits per heavy atom. The minimum absolute atomic E-state index is 0.184. The van der Waals surface area contributed by atoms with Crippen LogP contribution in [0.3, 0.4) is 0 Å². The number of nitrogens with one attached hydrogen (secondary N) is 1. The molecule has 0 aliphatic rings. The number of benzene rings is 1. The lowest BCUT2D eigenvalue weighted by Crippen LogP contribution is -2.10. The maximum absolute atomic E-state index is 4.40. The van der Waals surface area contributed by atoms with E-state index in [9.17, 15) is 0 Å². The lowest BCUT2D eigenvalue weighted by molar-refractivity contribution is 0.590. The Morgan fingerprint density at radius 1 is 0.875 bits per heavy atom. The molecule has 0 unspecified atom stereocenters. The monoisotopic (exact) mass is 317 g/mol.